The van der Waals surface area contributed by atoms with Crippen molar-refractivity contribution in [1.82, 2.24) is 15.5 Å². The molecule has 7 heteroatoms. The largest absolute Gasteiger partial charge is 0.465 e. The fourth-order valence-electron chi connectivity index (χ4n) is 3.08. The Bertz CT molecular complexity index is 1230. The number of nitrogens with one attached hydrogen (secondary N) is 1. The Balaban J connectivity index is 1.38. The number of hydrogen-bond acceptors (Lipinski definition) is 6. The molecule has 0 bridgehead atoms. The third kappa shape index (κ3) is 4.73. The summed E-state index contributed by atoms with van der Waals surface area (Å²) < 4.78 is 10.5. The highest BCUT2D eigenvalue weighted by atomic mass is 16.5. The number of amides is 1. The molecule has 0 fully saturated rings. The van der Waals surface area contributed by atoms with E-state index in [4.69, 9.17) is 4.42 Å². The van der Waals surface area contributed by atoms with Gasteiger partial charge in [-0.3, -0.25) is 4.79 Å². The van der Waals surface area contributed by atoms with E-state index >= 15 is 0 Å². The Morgan fingerprint density at radius 1 is 0.812 bits per heavy atom. The van der Waals surface area contributed by atoms with Gasteiger partial charge in [-0.15, -0.1) is 10.2 Å². The molecular weight excluding hydrogens is 406 g/mol. The van der Waals surface area contributed by atoms with Crippen LogP contribution in [0.5, 0.6) is 0 Å². The first kappa shape index (κ1) is 21.0. The molecule has 0 saturated carbocycles. The van der Waals surface area contributed by atoms with Crippen LogP contribution in [0, 0.1) is 6.92 Å². The maximum Gasteiger partial charge on any atom is 0.337 e. The summed E-state index contributed by atoms with van der Waals surface area (Å²) in [6.07, 6.45) is 0. The van der Waals surface area contributed by atoms with E-state index in [0.29, 0.717) is 29.5 Å². The lowest BCUT2D eigenvalue weighted by Gasteiger charge is -2.07. The lowest BCUT2D eigenvalue weighted by molar-refractivity contribution is 0.0600. The molecule has 4 aromatic rings. The van der Waals surface area contributed by atoms with Gasteiger partial charge in [0.05, 0.1) is 12.7 Å². The van der Waals surface area contributed by atoms with Gasteiger partial charge in [-0.2, -0.15) is 0 Å². The molecule has 1 aromatic heterocycles. The van der Waals surface area contributed by atoms with Crippen LogP contribution < -0.4 is 5.32 Å². The van der Waals surface area contributed by atoms with Crippen LogP contribution in [-0.4, -0.2) is 29.2 Å². The Labute approximate surface area is 185 Å². The molecule has 7 nitrogen and oxygen atoms in total. The van der Waals surface area contributed by atoms with Gasteiger partial charge in [-0.1, -0.05) is 29.8 Å². The van der Waals surface area contributed by atoms with E-state index in [-0.39, 0.29) is 5.91 Å². The molecular formula is C25H21N3O4. The van der Waals surface area contributed by atoms with E-state index in [0.717, 1.165) is 22.3 Å². The number of carbonyl (C=O) groups is 2. The van der Waals surface area contributed by atoms with Gasteiger partial charge in [0.25, 0.3) is 5.91 Å². The van der Waals surface area contributed by atoms with Crippen molar-refractivity contribution in [3.05, 3.63) is 95.1 Å². The van der Waals surface area contributed by atoms with E-state index in [1.54, 1.807) is 48.5 Å². The molecule has 0 saturated heterocycles. The maximum atomic E-state index is 12.5. The van der Waals surface area contributed by atoms with Crippen molar-refractivity contribution in [2.24, 2.45) is 0 Å². The van der Waals surface area contributed by atoms with E-state index in [2.05, 4.69) is 20.3 Å². The zero-order valence-corrected chi connectivity index (χ0v) is 17.7. The minimum absolute atomic E-state index is 0.209. The fourth-order valence-corrected chi connectivity index (χ4v) is 3.08. The minimum Gasteiger partial charge on any atom is -0.465 e. The summed E-state index contributed by atoms with van der Waals surface area (Å²) >= 11 is 0. The van der Waals surface area contributed by atoms with Gasteiger partial charge in [0, 0.05) is 23.2 Å². The number of hydrogen-bond donors (Lipinski definition) is 1. The maximum absolute atomic E-state index is 12.5. The Kier molecular flexibility index (Phi) is 6.07. The van der Waals surface area contributed by atoms with Crippen molar-refractivity contribution in [3.63, 3.8) is 0 Å². The Morgan fingerprint density at radius 2 is 1.34 bits per heavy atom. The number of benzene rings is 3. The van der Waals surface area contributed by atoms with Gasteiger partial charge < -0.3 is 14.5 Å². The average molecular weight is 427 g/mol. The molecule has 0 spiro atoms. The van der Waals surface area contributed by atoms with Gasteiger partial charge in [0.15, 0.2) is 0 Å². The minimum atomic E-state index is -0.395. The van der Waals surface area contributed by atoms with Crippen molar-refractivity contribution in [2.45, 2.75) is 13.5 Å². The molecule has 4 rings (SSSR count). The van der Waals surface area contributed by atoms with Crippen LogP contribution in [0.15, 0.2) is 77.2 Å². The van der Waals surface area contributed by atoms with E-state index in [1.165, 1.54) is 7.11 Å². The summed E-state index contributed by atoms with van der Waals surface area (Å²) in [5, 5.41) is 11.1. The number of methoxy groups -OCH3 is 1. The summed E-state index contributed by atoms with van der Waals surface area (Å²) in [5.41, 5.74) is 4.58. The highest BCUT2D eigenvalue weighted by Crippen LogP contribution is 2.24. The quantitative estimate of drug-likeness (QED) is 0.458. The van der Waals surface area contributed by atoms with E-state index in [1.807, 2.05) is 31.2 Å². The second-order valence-corrected chi connectivity index (χ2v) is 7.23. The lowest BCUT2D eigenvalue weighted by atomic mass is 10.1. The molecule has 1 heterocycles. The normalized spacial score (nSPS) is 10.6. The molecule has 0 atom stereocenters. The van der Waals surface area contributed by atoms with Crippen LogP contribution >= 0.6 is 0 Å². The monoisotopic (exact) mass is 427 g/mol. The molecule has 32 heavy (non-hydrogen) atoms. The third-order valence-electron chi connectivity index (χ3n) is 4.95. The molecule has 0 radical (unpaired) electrons. The van der Waals surface area contributed by atoms with Crippen molar-refractivity contribution in [3.8, 4) is 22.9 Å². The summed E-state index contributed by atoms with van der Waals surface area (Å²) in [5.74, 6) is 0.227. The Hall–Kier alpha value is -4.26. The smallest absolute Gasteiger partial charge is 0.337 e. The Morgan fingerprint density at radius 3 is 1.91 bits per heavy atom. The van der Waals surface area contributed by atoms with Gasteiger partial charge in [-0.05, 0) is 61.0 Å². The standard InChI is InChI=1S/C25H21N3O4/c1-16-3-7-19(8-4-16)23-27-28-24(32-23)20-13-11-18(12-14-20)22(29)26-15-17-5-9-21(10-6-17)25(30)31-2/h3-14H,15H2,1-2H3,(H,26,29). The third-order valence-corrected chi connectivity index (χ3v) is 4.95. The predicted octanol–water partition coefficient (Wildman–Crippen LogP) is 4.43. The molecule has 160 valence electrons. The molecule has 1 amide bonds. The average Bonchev–Trinajstić information content (AvgIpc) is 3.33. The molecule has 0 unspecified atom stereocenters. The summed E-state index contributed by atoms with van der Waals surface area (Å²) in [6, 6.07) is 21.7. The highest BCUT2D eigenvalue weighted by Gasteiger charge is 2.12. The second-order valence-electron chi connectivity index (χ2n) is 7.23. The molecule has 3 aromatic carbocycles. The van der Waals surface area contributed by atoms with Gasteiger partial charge >= 0.3 is 5.97 Å². The second kappa shape index (κ2) is 9.26. The first-order valence-electron chi connectivity index (χ1n) is 10.00. The molecule has 0 aliphatic carbocycles. The number of carbonyl (C=O) groups excluding carboxylic acids is 2. The first-order chi connectivity index (χ1) is 15.5. The van der Waals surface area contributed by atoms with Crippen LogP contribution in [0.2, 0.25) is 0 Å². The topological polar surface area (TPSA) is 94.3 Å². The van der Waals surface area contributed by atoms with Crippen LogP contribution in [-0.2, 0) is 11.3 Å². The van der Waals surface area contributed by atoms with Crippen LogP contribution in [0.4, 0.5) is 0 Å². The van der Waals surface area contributed by atoms with Gasteiger partial charge in [0.1, 0.15) is 0 Å². The lowest BCUT2D eigenvalue weighted by Crippen LogP contribution is -2.22. The van der Waals surface area contributed by atoms with Crippen molar-refractivity contribution in [1.29, 1.82) is 0 Å². The van der Waals surface area contributed by atoms with Crippen LogP contribution in [0.1, 0.15) is 31.8 Å². The van der Waals surface area contributed by atoms with Crippen LogP contribution in [0.25, 0.3) is 22.9 Å². The fraction of sp³-hybridized carbons (Fsp3) is 0.120. The van der Waals surface area contributed by atoms with Crippen molar-refractivity contribution < 1.29 is 18.7 Å². The first-order valence-corrected chi connectivity index (χ1v) is 10.00. The van der Waals surface area contributed by atoms with E-state index in [9.17, 15) is 9.59 Å². The number of aromatic nitrogens is 2. The molecule has 0 aliphatic rings. The predicted molar refractivity (Wildman–Crippen MR) is 119 cm³/mol. The number of nitrogens with zero attached hydrogens (tertiary/aromatic N) is 2. The van der Waals surface area contributed by atoms with Gasteiger partial charge in [0.2, 0.25) is 11.8 Å². The summed E-state index contributed by atoms with van der Waals surface area (Å²) in [6.45, 7) is 2.35. The van der Waals surface area contributed by atoms with Crippen LogP contribution in [0.3, 0.4) is 0 Å². The zero-order chi connectivity index (χ0) is 22.5. The molecule has 1 N–H and O–H groups in total. The van der Waals surface area contributed by atoms with Crippen molar-refractivity contribution in [2.75, 3.05) is 7.11 Å². The zero-order valence-electron chi connectivity index (χ0n) is 17.7. The summed E-state index contributed by atoms with van der Waals surface area (Å²) in [4.78, 5) is 24.0. The SMILES string of the molecule is COC(=O)c1ccc(CNC(=O)c2ccc(-c3nnc(-c4ccc(C)cc4)o3)cc2)cc1. The van der Waals surface area contributed by atoms with E-state index < -0.39 is 5.97 Å². The number of esters is 1. The number of rotatable bonds is 6. The highest BCUT2D eigenvalue weighted by molar-refractivity contribution is 5.94. The van der Waals surface area contributed by atoms with Crippen molar-refractivity contribution >= 4 is 11.9 Å². The molecule has 0 aliphatic heterocycles. The number of aryl methyl sites for hydroxylation is 1. The number of ether oxygens (including phenoxy) is 1. The summed E-state index contributed by atoms with van der Waals surface area (Å²) in [7, 11) is 1.34. The van der Waals surface area contributed by atoms with Gasteiger partial charge in [-0.25, -0.2) is 4.79 Å².